The van der Waals surface area contributed by atoms with E-state index < -0.39 is 23.8 Å². The third-order valence-corrected chi connectivity index (χ3v) is 3.27. The molecule has 0 aliphatic carbocycles. The van der Waals surface area contributed by atoms with E-state index in [9.17, 15) is 19.2 Å². The van der Waals surface area contributed by atoms with Crippen molar-refractivity contribution in [2.45, 2.75) is 6.92 Å². The largest absolute Gasteiger partial charge is 0.465 e. The molecule has 0 radical (unpaired) electrons. The van der Waals surface area contributed by atoms with Gasteiger partial charge in [0.05, 0.1) is 7.11 Å². The standard InChI is InChI=1S/C14H14N2O6/c1-7-9(13(19)21-4)5-8(22-7)6-10-11(17)15(2)14(20)16(3)12(10)18/h5-6H,1-4H3. The zero-order chi connectivity index (χ0) is 16.6. The van der Waals surface area contributed by atoms with Crippen LogP contribution in [0, 0.1) is 6.92 Å². The maximum absolute atomic E-state index is 12.0. The van der Waals surface area contributed by atoms with Gasteiger partial charge in [-0.15, -0.1) is 0 Å². The van der Waals surface area contributed by atoms with Crippen LogP contribution in [0.3, 0.4) is 0 Å². The highest BCUT2D eigenvalue weighted by Gasteiger charge is 2.38. The average Bonchev–Trinajstić information content (AvgIpc) is 2.87. The lowest BCUT2D eigenvalue weighted by molar-refractivity contribution is -0.134. The lowest BCUT2D eigenvalue weighted by atomic mass is 10.1. The van der Waals surface area contributed by atoms with E-state index in [1.54, 1.807) is 6.92 Å². The number of likely N-dealkylation sites (N-methyl/N-ethyl adjacent to an activating group) is 2. The number of hydrogen-bond acceptors (Lipinski definition) is 6. The summed E-state index contributed by atoms with van der Waals surface area (Å²) in [4.78, 5) is 48.9. The van der Waals surface area contributed by atoms with E-state index in [0.717, 1.165) is 9.80 Å². The van der Waals surface area contributed by atoms with E-state index in [-0.39, 0.29) is 16.9 Å². The molecule has 1 fully saturated rings. The zero-order valence-electron chi connectivity index (χ0n) is 12.5. The highest BCUT2D eigenvalue weighted by molar-refractivity contribution is 6.30. The third kappa shape index (κ3) is 2.39. The first kappa shape index (κ1) is 15.5. The van der Waals surface area contributed by atoms with Crippen molar-refractivity contribution in [2.75, 3.05) is 21.2 Å². The average molecular weight is 306 g/mol. The Morgan fingerprint density at radius 3 is 2.23 bits per heavy atom. The first-order valence-electron chi connectivity index (χ1n) is 6.28. The van der Waals surface area contributed by atoms with Gasteiger partial charge in [-0.3, -0.25) is 19.4 Å². The van der Waals surface area contributed by atoms with Gasteiger partial charge in [0.2, 0.25) is 0 Å². The number of rotatable bonds is 2. The smallest absolute Gasteiger partial charge is 0.341 e. The quantitative estimate of drug-likeness (QED) is 0.455. The summed E-state index contributed by atoms with van der Waals surface area (Å²) >= 11 is 0. The van der Waals surface area contributed by atoms with Crippen molar-refractivity contribution in [3.63, 3.8) is 0 Å². The molecule has 0 saturated carbocycles. The van der Waals surface area contributed by atoms with Crippen LogP contribution in [0.25, 0.3) is 6.08 Å². The van der Waals surface area contributed by atoms with Crippen LogP contribution in [-0.2, 0) is 14.3 Å². The Balaban J connectivity index is 2.44. The van der Waals surface area contributed by atoms with Crippen molar-refractivity contribution in [1.82, 2.24) is 9.80 Å². The number of carbonyl (C=O) groups excluding carboxylic acids is 4. The molecule has 0 spiro atoms. The topological polar surface area (TPSA) is 97.1 Å². The Bertz CT molecular complexity index is 689. The van der Waals surface area contributed by atoms with E-state index in [2.05, 4.69) is 4.74 Å². The SMILES string of the molecule is COC(=O)c1cc(C=C2C(=O)N(C)C(=O)N(C)C2=O)oc1C. The number of methoxy groups -OCH3 is 1. The number of esters is 1. The molecule has 0 N–H and O–H groups in total. The number of urea groups is 1. The molecule has 1 saturated heterocycles. The Morgan fingerprint density at radius 1 is 1.18 bits per heavy atom. The summed E-state index contributed by atoms with van der Waals surface area (Å²) in [6.07, 6.45) is 1.20. The molecule has 2 heterocycles. The van der Waals surface area contributed by atoms with Gasteiger partial charge in [-0.1, -0.05) is 0 Å². The van der Waals surface area contributed by atoms with Crippen LogP contribution < -0.4 is 0 Å². The molecule has 2 rings (SSSR count). The molecule has 0 unspecified atom stereocenters. The summed E-state index contributed by atoms with van der Waals surface area (Å²) in [6.45, 7) is 1.56. The van der Waals surface area contributed by atoms with Gasteiger partial charge in [0.15, 0.2) is 0 Å². The lowest BCUT2D eigenvalue weighted by Gasteiger charge is -2.28. The highest BCUT2D eigenvalue weighted by atomic mass is 16.5. The van der Waals surface area contributed by atoms with Crippen LogP contribution in [0.5, 0.6) is 0 Å². The molecule has 22 heavy (non-hydrogen) atoms. The van der Waals surface area contributed by atoms with Crippen molar-refractivity contribution < 1.29 is 28.3 Å². The van der Waals surface area contributed by atoms with Crippen molar-refractivity contribution in [1.29, 1.82) is 0 Å². The molecule has 0 bridgehead atoms. The Hall–Kier alpha value is -2.90. The van der Waals surface area contributed by atoms with Crippen LogP contribution in [0.1, 0.15) is 21.9 Å². The molecule has 0 aromatic carbocycles. The minimum atomic E-state index is -0.734. The van der Waals surface area contributed by atoms with E-state index >= 15 is 0 Å². The number of hydrogen-bond donors (Lipinski definition) is 0. The lowest BCUT2D eigenvalue weighted by Crippen LogP contribution is -2.52. The number of aryl methyl sites for hydroxylation is 1. The van der Waals surface area contributed by atoms with Gasteiger partial charge in [0.25, 0.3) is 11.8 Å². The van der Waals surface area contributed by atoms with Crippen molar-refractivity contribution in [3.05, 3.63) is 28.7 Å². The summed E-state index contributed by atoms with van der Waals surface area (Å²) < 4.78 is 9.93. The van der Waals surface area contributed by atoms with E-state index in [1.165, 1.54) is 33.3 Å². The number of nitrogens with zero attached hydrogens (tertiary/aromatic N) is 2. The van der Waals surface area contributed by atoms with E-state index in [1.807, 2.05) is 0 Å². The second-order valence-corrected chi connectivity index (χ2v) is 4.68. The Kier molecular flexibility index (Phi) is 3.85. The minimum absolute atomic E-state index is 0.144. The summed E-state index contributed by atoms with van der Waals surface area (Å²) in [7, 11) is 3.78. The Morgan fingerprint density at radius 2 is 1.73 bits per heavy atom. The van der Waals surface area contributed by atoms with Gasteiger partial charge < -0.3 is 9.15 Å². The van der Waals surface area contributed by atoms with E-state index in [0.29, 0.717) is 5.76 Å². The van der Waals surface area contributed by atoms with Crippen molar-refractivity contribution in [2.24, 2.45) is 0 Å². The number of amides is 4. The van der Waals surface area contributed by atoms with Gasteiger partial charge >= 0.3 is 12.0 Å². The molecule has 1 aliphatic heterocycles. The summed E-state index contributed by atoms with van der Waals surface area (Å²) in [5, 5.41) is 0. The number of barbiturate groups is 1. The van der Waals surface area contributed by atoms with Crippen LogP contribution >= 0.6 is 0 Å². The van der Waals surface area contributed by atoms with Gasteiger partial charge in [-0.2, -0.15) is 0 Å². The first-order valence-corrected chi connectivity index (χ1v) is 6.28. The minimum Gasteiger partial charge on any atom is -0.465 e. The van der Waals surface area contributed by atoms with Crippen LogP contribution in [0.4, 0.5) is 4.79 Å². The van der Waals surface area contributed by atoms with E-state index in [4.69, 9.17) is 4.42 Å². The number of ether oxygens (including phenoxy) is 1. The van der Waals surface area contributed by atoms with Gasteiger partial charge in [0.1, 0.15) is 22.7 Å². The van der Waals surface area contributed by atoms with Crippen molar-refractivity contribution in [3.8, 4) is 0 Å². The summed E-state index contributed by atoms with van der Waals surface area (Å²) in [6, 6.07) is 0.656. The number of furan rings is 1. The zero-order valence-corrected chi connectivity index (χ0v) is 12.5. The molecule has 1 aromatic rings. The van der Waals surface area contributed by atoms with Crippen LogP contribution in [0.2, 0.25) is 0 Å². The first-order chi connectivity index (χ1) is 10.3. The molecule has 8 heteroatoms. The van der Waals surface area contributed by atoms with Gasteiger partial charge in [0, 0.05) is 14.1 Å². The molecule has 1 aliphatic rings. The van der Waals surface area contributed by atoms with Gasteiger partial charge in [-0.25, -0.2) is 9.59 Å². The predicted octanol–water partition coefficient (Wildman–Crippen LogP) is 0.808. The fourth-order valence-electron chi connectivity index (χ4n) is 2.01. The number of imide groups is 2. The normalized spacial score (nSPS) is 15.5. The molecule has 0 atom stereocenters. The van der Waals surface area contributed by atoms with Crippen LogP contribution in [0.15, 0.2) is 16.1 Å². The molecule has 1 aromatic heterocycles. The molecule has 116 valence electrons. The fourth-order valence-corrected chi connectivity index (χ4v) is 2.01. The maximum atomic E-state index is 12.0. The maximum Gasteiger partial charge on any atom is 0.341 e. The summed E-state index contributed by atoms with van der Waals surface area (Å²) in [5.74, 6) is -1.61. The molecule has 8 nitrogen and oxygen atoms in total. The van der Waals surface area contributed by atoms with Gasteiger partial charge in [-0.05, 0) is 19.1 Å². The molecule has 4 amide bonds. The molecular formula is C14H14N2O6. The summed E-state index contributed by atoms with van der Waals surface area (Å²) in [5.41, 5.74) is -0.0300. The second-order valence-electron chi connectivity index (χ2n) is 4.68. The van der Waals surface area contributed by atoms with Crippen molar-refractivity contribution >= 4 is 29.9 Å². The predicted molar refractivity (Wildman–Crippen MR) is 73.7 cm³/mol. The third-order valence-electron chi connectivity index (χ3n) is 3.27. The second kappa shape index (κ2) is 5.47. The molecular weight excluding hydrogens is 292 g/mol. The Labute approximate surface area is 125 Å². The van der Waals surface area contributed by atoms with Crippen LogP contribution in [-0.4, -0.2) is 54.8 Å². The highest BCUT2D eigenvalue weighted by Crippen LogP contribution is 2.21. The monoisotopic (exact) mass is 306 g/mol. The fraction of sp³-hybridized carbons (Fsp3) is 0.286. The number of carbonyl (C=O) groups is 4.